The number of aliphatic hydroxyl groups is 1. The van der Waals surface area contributed by atoms with Crippen LogP contribution in [0.2, 0.25) is 0 Å². The zero-order valence-corrected chi connectivity index (χ0v) is 11.7. The number of hydrogen-bond acceptors (Lipinski definition) is 3. The molecule has 1 aliphatic rings. The second-order valence-electron chi connectivity index (χ2n) is 5.92. The Hall–Kier alpha value is -1.53. The maximum atomic E-state index is 10.5. The minimum atomic E-state index is -0.622. The van der Waals surface area contributed by atoms with Gasteiger partial charge in [0.2, 0.25) is 0 Å². The van der Waals surface area contributed by atoms with E-state index >= 15 is 0 Å². The maximum absolute atomic E-state index is 10.5. The lowest BCUT2D eigenvalue weighted by Gasteiger charge is -2.35. The van der Waals surface area contributed by atoms with Crippen LogP contribution in [0.1, 0.15) is 43.7 Å². The molecule has 0 aromatic heterocycles. The second kappa shape index (κ2) is 5.63. The van der Waals surface area contributed by atoms with Crippen LogP contribution in [0.4, 0.5) is 5.69 Å². The molecule has 102 valence electrons. The first kappa shape index (κ1) is 13.9. The Morgan fingerprint density at radius 3 is 2.74 bits per heavy atom. The Kier molecular flexibility index (Phi) is 4.11. The van der Waals surface area contributed by atoms with E-state index in [1.165, 1.54) is 0 Å². The van der Waals surface area contributed by atoms with Gasteiger partial charge in [-0.3, -0.25) is 0 Å². The molecule has 0 amide bonds. The average molecular weight is 258 g/mol. The third kappa shape index (κ3) is 3.48. The number of nitriles is 1. The van der Waals surface area contributed by atoms with E-state index in [1.54, 1.807) is 0 Å². The first-order chi connectivity index (χ1) is 9.02. The molecule has 2 N–H and O–H groups in total. The molecule has 0 saturated heterocycles. The van der Waals surface area contributed by atoms with Crippen molar-refractivity contribution in [1.29, 1.82) is 5.26 Å². The van der Waals surface area contributed by atoms with E-state index in [0.717, 1.165) is 36.9 Å². The lowest BCUT2D eigenvalue weighted by molar-refractivity contribution is 0.00501. The summed E-state index contributed by atoms with van der Waals surface area (Å²) in [6.07, 6.45) is 3.85. The van der Waals surface area contributed by atoms with Crippen LogP contribution < -0.4 is 5.32 Å². The van der Waals surface area contributed by atoms with Crippen molar-refractivity contribution in [3.05, 3.63) is 29.3 Å². The minimum Gasteiger partial charge on any atom is -0.388 e. The van der Waals surface area contributed by atoms with Gasteiger partial charge in [-0.15, -0.1) is 0 Å². The van der Waals surface area contributed by atoms with Crippen molar-refractivity contribution >= 4 is 5.69 Å². The molecule has 3 nitrogen and oxygen atoms in total. The Balaban J connectivity index is 2.03. The molecule has 1 aromatic rings. The first-order valence-corrected chi connectivity index (χ1v) is 6.99. The average Bonchev–Trinajstić information content (AvgIpc) is 2.41. The molecular formula is C16H22N2O. The number of aryl methyl sites for hydroxylation is 1. The molecule has 0 bridgehead atoms. The Labute approximate surface area is 115 Å². The highest BCUT2D eigenvalue weighted by Gasteiger charge is 2.31. The fraction of sp³-hybridized carbons (Fsp3) is 0.562. The summed E-state index contributed by atoms with van der Waals surface area (Å²) in [5.41, 5.74) is 1.96. The van der Waals surface area contributed by atoms with Crippen molar-refractivity contribution in [2.45, 2.75) is 45.1 Å². The monoisotopic (exact) mass is 258 g/mol. The molecule has 1 aromatic carbocycles. The minimum absolute atomic E-state index is 0.526. The van der Waals surface area contributed by atoms with Crippen molar-refractivity contribution in [1.82, 2.24) is 0 Å². The summed E-state index contributed by atoms with van der Waals surface area (Å²) in [7, 11) is 0. The standard InChI is InChI=1S/C16H22N2O/c1-12-5-7-16(19,8-6-12)11-18-15-9-13(2)3-4-14(15)10-17/h3-4,9,12,18-19H,5-8,11H2,1-2H3. The van der Waals surface area contributed by atoms with Crippen molar-refractivity contribution < 1.29 is 5.11 Å². The lowest BCUT2D eigenvalue weighted by atomic mass is 9.79. The molecule has 0 aliphatic heterocycles. The predicted molar refractivity (Wildman–Crippen MR) is 77.0 cm³/mol. The van der Waals surface area contributed by atoms with Gasteiger partial charge in [0.15, 0.2) is 0 Å². The van der Waals surface area contributed by atoms with Crippen LogP contribution in [-0.4, -0.2) is 17.3 Å². The van der Waals surface area contributed by atoms with Crippen LogP contribution >= 0.6 is 0 Å². The number of nitrogens with one attached hydrogen (secondary N) is 1. The van der Waals surface area contributed by atoms with Crippen LogP contribution in [0.25, 0.3) is 0 Å². The van der Waals surface area contributed by atoms with Gasteiger partial charge in [-0.05, 0) is 56.2 Å². The van der Waals surface area contributed by atoms with Gasteiger partial charge in [-0.2, -0.15) is 5.26 Å². The smallest absolute Gasteiger partial charge is 0.101 e. The first-order valence-electron chi connectivity index (χ1n) is 6.99. The van der Waals surface area contributed by atoms with E-state index in [-0.39, 0.29) is 0 Å². The quantitative estimate of drug-likeness (QED) is 0.875. The highest BCUT2D eigenvalue weighted by molar-refractivity contribution is 5.58. The van der Waals surface area contributed by atoms with Gasteiger partial charge in [0.1, 0.15) is 6.07 Å². The Morgan fingerprint density at radius 2 is 2.11 bits per heavy atom. The summed E-state index contributed by atoms with van der Waals surface area (Å²) in [5.74, 6) is 0.717. The highest BCUT2D eigenvalue weighted by atomic mass is 16.3. The fourth-order valence-electron chi connectivity index (χ4n) is 2.64. The molecule has 0 unspecified atom stereocenters. The van der Waals surface area contributed by atoms with Crippen LogP contribution in [0.3, 0.4) is 0 Å². The number of benzene rings is 1. The van der Waals surface area contributed by atoms with E-state index in [2.05, 4.69) is 18.3 Å². The molecule has 1 fully saturated rings. The van der Waals surface area contributed by atoms with Gasteiger partial charge in [0.05, 0.1) is 16.9 Å². The molecule has 0 radical (unpaired) electrons. The lowest BCUT2D eigenvalue weighted by Crippen LogP contribution is -2.40. The van der Waals surface area contributed by atoms with E-state index in [4.69, 9.17) is 5.26 Å². The molecule has 3 heteroatoms. The van der Waals surface area contributed by atoms with Gasteiger partial charge in [-0.25, -0.2) is 0 Å². The zero-order valence-electron chi connectivity index (χ0n) is 11.7. The van der Waals surface area contributed by atoms with E-state index in [9.17, 15) is 5.11 Å². The normalized spacial score (nSPS) is 26.7. The Morgan fingerprint density at radius 1 is 1.42 bits per heavy atom. The molecule has 19 heavy (non-hydrogen) atoms. The molecule has 1 saturated carbocycles. The van der Waals surface area contributed by atoms with Gasteiger partial charge < -0.3 is 10.4 Å². The predicted octanol–water partition coefficient (Wildman–Crippen LogP) is 3.22. The zero-order chi connectivity index (χ0) is 13.9. The molecule has 1 aliphatic carbocycles. The van der Waals surface area contributed by atoms with Gasteiger partial charge in [0, 0.05) is 6.54 Å². The summed E-state index contributed by atoms with van der Waals surface area (Å²) in [6.45, 7) is 4.77. The Bertz CT molecular complexity index is 482. The summed E-state index contributed by atoms with van der Waals surface area (Å²) in [5, 5.41) is 22.9. The second-order valence-corrected chi connectivity index (χ2v) is 5.92. The summed E-state index contributed by atoms with van der Waals surface area (Å²) < 4.78 is 0. The van der Waals surface area contributed by atoms with Crippen molar-refractivity contribution in [2.75, 3.05) is 11.9 Å². The summed E-state index contributed by atoms with van der Waals surface area (Å²) >= 11 is 0. The molecule has 2 rings (SSSR count). The fourth-order valence-corrected chi connectivity index (χ4v) is 2.64. The highest BCUT2D eigenvalue weighted by Crippen LogP contribution is 2.32. The number of hydrogen-bond donors (Lipinski definition) is 2. The van der Waals surface area contributed by atoms with E-state index in [0.29, 0.717) is 18.0 Å². The number of rotatable bonds is 3. The third-order valence-electron chi connectivity index (χ3n) is 4.11. The van der Waals surface area contributed by atoms with Crippen molar-refractivity contribution in [3.8, 4) is 6.07 Å². The number of nitrogens with zero attached hydrogens (tertiary/aromatic N) is 1. The molecular weight excluding hydrogens is 236 g/mol. The van der Waals surface area contributed by atoms with E-state index in [1.807, 2.05) is 25.1 Å². The summed E-state index contributed by atoms with van der Waals surface area (Å²) in [6, 6.07) is 7.91. The number of anilines is 1. The van der Waals surface area contributed by atoms with Crippen LogP contribution in [0.5, 0.6) is 0 Å². The van der Waals surface area contributed by atoms with Gasteiger partial charge in [0.25, 0.3) is 0 Å². The molecule has 0 spiro atoms. The van der Waals surface area contributed by atoms with Crippen LogP contribution in [0.15, 0.2) is 18.2 Å². The van der Waals surface area contributed by atoms with Gasteiger partial charge in [-0.1, -0.05) is 13.0 Å². The van der Waals surface area contributed by atoms with Crippen LogP contribution in [0, 0.1) is 24.2 Å². The molecule has 0 heterocycles. The summed E-state index contributed by atoms with van der Waals surface area (Å²) in [4.78, 5) is 0. The van der Waals surface area contributed by atoms with Gasteiger partial charge >= 0.3 is 0 Å². The molecule has 0 atom stereocenters. The van der Waals surface area contributed by atoms with Crippen molar-refractivity contribution in [2.24, 2.45) is 5.92 Å². The maximum Gasteiger partial charge on any atom is 0.101 e. The third-order valence-corrected chi connectivity index (χ3v) is 4.11. The van der Waals surface area contributed by atoms with Crippen molar-refractivity contribution in [3.63, 3.8) is 0 Å². The van der Waals surface area contributed by atoms with Crippen LogP contribution in [-0.2, 0) is 0 Å². The largest absolute Gasteiger partial charge is 0.388 e. The topological polar surface area (TPSA) is 56.0 Å². The van der Waals surface area contributed by atoms with E-state index < -0.39 is 5.60 Å². The SMILES string of the molecule is Cc1ccc(C#N)c(NCC2(O)CCC(C)CC2)c1.